The molecule has 0 bridgehead atoms. The summed E-state index contributed by atoms with van der Waals surface area (Å²) >= 11 is 0. The van der Waals surface area contributed by atoms with Crippen LogP contribution in [0.2, 0.25) is 0 Å². The van der Waals surface area contributed by atoms with Gasteiger partial charge in [0, 0.05) is 19.7 Å². The molecule has 1 aromatic heterocycles. The van der Waals surface area contributed by atoms with Crippen molar-refractivity contribution in [2.45, 2.75) is 13.5 Å². The molecular weight excluding hydrogens is 180 g/mol. The Bertz CT molecular complexity index is 261. The van der Waals surface area contributed by atoms with Gasteiger partial charge in [-0.05, 0) is 18.1 Å². The number of aromatic hydroxyl groups is 1. The van der Waals surface area contributed by atoms with Crippen LogP contribution in [0.15, 0.2) is 18.3 Å². The topological polar surface area (TPSA) is 65.4 Å². The van der Waals surface area contributed by atoms with E-state index in [4.69, 9.17) is 10.2 Å². The van der Waals surface area contributed by atoms with Gasteiger partial charge >= 0.3 is 0 Å². The summed E-state index contributed by atoms with van der Waals surface area (Å²) in [6.07, 6.45) is 1.42. The Balaban J connectivity index is 2.28. The van der Waals surface area contributed by atoms with E-state index >= 15 is 0 Å². The van der Waals surface area contributed by atoms with Gasteiger partial charge in [0.25, 0.3) is 0 Å². The van der Waals surface area contributed by atoms with Gasteiger partial charge in [0.15, 0.2) is 0 Å². The molecule has 0 aliphatic heterocycles. The Hall–Kier alpha value is -1.13. The van der Waals surface area contributed by atoms with Crippen LogP contribution in [0.3, 0.4) is 0 Å². The molecule has 4 heteroatoms. The fourth-order valence-electron chi connectivity index (χ4n) is 1.03. The third-order valence-corrected chi connectivity index (χ3v) is 1.92. The molecule has 14 heavy (non-hydrogen) atoms. The van der Waals surface area contributed by atoms with E-state index < -0.39 is 0 Å². The summed E-state index contributed by atoms with van der Waals surface area (Å²) in [6, 6.07) is 3.38. The number of hydrogen-bond acceptors (Lipinski definition) is 4. The number of aliphatic hydroxyl groups excluding tert-OH is 1. The summed E-state index contributed by atoms with van der Waals surface area (Å²) in [4.78, 5) is 4.03. The molecule has 0 saturated carbocycles. The van der Waals surface area contributed by atoms with Crippen molar-refractivity contribution in [3.63, 3.8) is 0 Å². The van der Waals surface area contributed by atoms with E-state index in [2.05, 4.69) is 10.3 Å². The zero-order chi connectivity index (χ0) is 10.4. The average Bonchev–Trinajstić information content (AvgIpc) is 2.21. The lowest BCUT2D eigenvalue weighted by atomic mass is 10.2. The molecule has 0 fully saturated rings. The first-order valence-corrected chi connectivity index (χ1v) is 4.68. The van der Waals surface area contributed by atoms with Crippen LogP contribution in [-0.4, -0.2) is 28.3 Å². The number of nitrogens with zero attached hydrogens (tertiary/aromatic N) is 1. The fourth-order valence-corrected chi connectivity index (χ4v) is 1.03. The third kappa shape index (κ3) is 3.72. The standard InChI is InChI=1S/C10H16N2O2/c1-8(7-13)4-11-5-9-2-3-10(14)6-12-9/h2-3,6,8,11,13-14H,4-5,7H2,1H3. The molecule has 3 N–H and O–H groups in total. The Morgan fingerprint density at radius 3 is 2.86 bits per heavy atom. The van der Waals surface area contributed by atoms with Crippen LogP contribution < -0.4 is 5.32 Å². The van der Waals surface area contributed by atoms with E-state index in [1.165, 1.54) is 6.20 Å². The minimum atomic E-state index is 0.178. The summed E-state index contributed by atoms with van der Waals surface area (Å²) in [5.41, 5.74) is 0.882. The van der Waals surface area contributed by atoms with Crippen LogP contribution in [0.4, 0.5) is 0 Å². The van der Waals surface area contributed by atoms with Gasteiger partial charge in [-0.25, -0.2) is 0 Å². The molecular formula is C10H16N2O2. The highest BCUT2D eigenvalue weighted by molar-refractivity contribution is 5.17. The molecule has 1 atom stereocenters. The van der Waals surface area contributed by atoms with Gasteiger partial charge in [-0.1, -0.05) is 6.92 Å². The molecule has 1 rings (SSSR count). The van der Waals surface area contributed by atoms with Gasteiger partial charge in [-0.15, -0.1) is 0 Å². The molecule has 0 aliphatic rings. The van der Waals surface area contributed by atoms with Gasteiger partial charge in [0.1, 0.15) is 5.75 Å². The lowest BCUT2D eigenvalue weighted by molar-refractivity contribution is 0.233. The number of hydrogen-bond donors (Lipinski definition) is 3. The van der Waals surface area contributed by atoms with Crippen LogP contribution >= 0.6 is 0 Å². The van der Waals surface area contributed by atoms with E-state index in [0.717, 1.165) is 12.2 Å². The molecule has 1 unspecified atom stereocenters. The molecule has 0 amide bonds. The Kier molecular flexibility index (Phi) is 4.35. The fraction of sp³-hybridized carbons (Fsp3) is 0.500. The maximum atomic E-state index is 8.99. The molecule has 4 nitrogen and oxygen atoms in total. The second-order valence-electron chi connectivity index (χ2n) is 3.43. The number of rotatable bonds is 5. The van der Waals surface area contributed by atoms with Gasteiger partial charge < -0.3 is 15.5 Å². The highest BCUT2D eigenvalue weighted by atomic mass is 16.3. The van der Waals surface area contributed by atoms with Crippen molar-refractivity contribution >= 4 is 0 Å². The van der Waals surface area contributed by atoms with Crippen molar-refractivity contribution in [3.8, 4) is 5.75 Å². The van der Waals surface area contributed by atoms with Crippen molar-refractivity contribution in [1.29, 1.82) is 0 Å². The number of pyridine rings is 1. The van der Waals surface area contributed by atoms with Crippen LogP contribution in [0.5, 0.6) is 5.75 Å². The lowest BCUT2D eigenvalue weighted by Gasteiger charge is -2.08. The molecule has 1 heterocycles. The third-order valence-electron chi connectivity index (χ3n) is 1.92. The lowest BCUT2D eigenvalue weighted by Crippen LogP contribution is -2.23. The monoisotopic (exact) mass is 196 g/mol. The summed E-state index contributed by atoms with van der Waals surface area (Å²) in [5, 5.41) is 20.9. The largest absolute Gasteiger partial charge is 0.506 e. The minimum Gasteiger partial charge on any atom is -0.506 e. The molecule has 78 valence electrons. The average molecular weight is 196 g/mol. The van der Waals surface area contributed by atoms with E-state index in [-0.39, 0.29) is 18.3 Å². The predicted molar refractivity (Wildman–Crippen MR) is 53.9 cm³/mol. The Labute approximate surface area is 83.6 Å². The molecule has 0 spiro atoms. The van der Waals surface area contributed by atoms with Crippen LogP contribution in [0.1, 0.15) is 12.6 Å². The number of aromatic nitrogens is 1. The van der Waals surface area contributed by atoms with Crippen LogP contribution in [0.25, 0.3) is 0 Å². The van der Waals surface area contributed by atoms with Gasteiger partial charge in [0.2, 0.25) is 0 Å². The minimum absolute atomic E-state index is 0.178. The van der Waals surface area contributed by atoms with Crippen molar-refractivity contribution in [2.75, 3.05) is 13.2 Å². The van der Waals surface area contributed by atoms with E-state index in [9.17, 15) is 0 Å². The Morgan fingerprint density at radius 1 is 1.50 bits per heavy atom. The summed E-state index contributed by atoms with van der Waals surface area (Å²) in [6.45, 7) is 3.58. The van der Waals surface area contributed by atoms with Crippen molar-refractivity contribution < 1.29 is 10.2 Å². The maximum absolute atomic E-state index is 8.99. The van der Waals surface area contributed by atoms with Crippen molar-refractivity contribution in [3.05, 3.63) is 24.0 Å². The summed E-state index contributed by atoms with van der Waals surface area (Å²) < 4.78 is 0. The first kappa shape index (κ1) is 10.9. The molecule has 0 aliphatic carbocycles. The zero-order valence-corrected chi connectivity index (χ0v) is 8.27. The summed E-state index contributed by atoms with van der Waals surface area (Å²) in [5.74, 6) is 0.435. The van der Waals surface area contributed by atoms with Gasteiger partial charge in [-0.3, -0.25) is 4.98 Å². The predicted octanol–water partition coefficient (Wildman–Crippen LogP) is 0.505. The van der Waals surface area contributed by atoms with E-state index in [1.54, 1.807) is 12.1 Å². The van der Waals surface area contributed by atoms with E-state index in [1.807, 2.05) is 6.92 Å². The molecule has 0 radical (unpaired) electrons. The number of nitrogens with one attached hydrogen (secondary N) is 1. The normalized spacial score (nSPS) is 12.7. The zero-order valence-electron chi connectivity index (χ0n) is 8.27. The van der Waals surface area contributed by atoms with Gasteiger partial charge in [-0.2, -0.15) is 0 Å². The highest BCUT2D eigenvalue weighted by Crippen LogP contribution is 2.05. The second kappa shape index (κ2) is 5.57. The van der Waals surface area contributed by atoms with Crippen molar-refractivity contribution in [1.82, 2.24) is 10.3 Å². The van der Waals surface area contributed by atoms with Crippen LogP contribution in [-0.2, 0) is 6.54 Å². The second-order valence-corrected chi connectivity index (χ2v) is 3.43. The van der Waals surface area contributed by atoms with Gasteiger partial charge in [0.05, 0.1) is 11.9 Å². The molecule has 0 aromatic carbocycles. The SMILES string of the molecule is CC(CO)CNCc1ccc(O)cn1. The molecule has 1 aromatic rings. The van der Waals surface area contributed by atoms with Crippen LogP contribution in [0, 0.1) is 5.92 Å². The maximum Gasteiger partial charge on any atom is 0.133 e. The Morgan fingerprint density at radius 2 is 2.29 bits per heavy atom. The number of aliphatic hydroxyl groups is 1. The first-order valence-electron chi connectivity index (χ1n) is 4.68. The van der Waals surface area contributed by atoms with Crippen molar-refractivity contribution in [2.24, 2.45) is 5.92 Å². The quantitative estimate of drug-likeness (QED) is 0.642. The highest BCUT2D eigenvalue weighted by Gasteiger charge is 1.99. The summed E-state index contributed by atoms with van der Waals surface area (Å²) in [7, 11) is 0. The van der Waals surface area contributed by atoms with E-state index in [0.29, 0.717) is 6.54 Å². The molecule has 0 saturated heterocycles. The first-order chi connectivity index (χ1) is 6.72. The smallest absolute Gasteiger partial charge is 0.133 e.